The number of piperidine rings is 1. The van der Waals surface area contributed by atoms with Crippen LogP contribution in [-0.2, 0) is 0 Å². The van der Waals surface area contributed by atoms with E-state index in [1.807, 2.05) is 9.62 Å². The van der Waals surface area contributed by atoms with E-state index in [4.69, 9.17) is 16.0 Å². The zero-order valence-corrected chi connectivity index (χ0v) is 6.74. The number of fused-ring (bicyclic) bond motifs is 1. The summed E-state index contributed by atoms with van der Waals surface area (Å²) in [5.74, 6) is 1.53. The Morgan fingerprint density at radius 2 is 1.55 bits per heavy atom. The SMILES string of the molecule is [B]N1CCC2CN([B])CC2C1. The molecule has 2 aliphatic heterocycles. The molecule has 0 amide bonds. The van der Waals surface area contributed by atoms with Crippen LogP contribution < -0.4 is 0 Å². The summed E-state index contributed by atoms with van der Waals surface area (Å²) in [6.45, 7) is 4.16. The smallest absolute Gasteiger partial charge is 0.182 e. The van der Waals surface area contributed by atoms with E-state index in [1.165, 1.54) is 6.42 Å². The second kappa shape index (κ2) is 2.83. The average Bonchev–Trinajstić information content (AvgIpc) is 2.27. The van der Waals surface area contributed by atoms with Crippen LogP contribution in [0.1, 0.15) is 6.42 Å². The maximum Gasteiger partial charge on any atom is 0.182 e. The van der Waals surface area contributed by atoms with Gasteiger partial charge in [0.1, 0.15) is 0 Å². The molecule has 4 heteroatoms. The largest absolute Gasteiger partial charge is 0.353 e. The molecule has 2 atom stereocenters. The standard InChI is InChI=1S/C7H12B2N2/c8-10-2-1-6-3-11(9)5-7(6)4-10/h6-7H,1-5H2. The Morgan fingerprint density at radius 3 is 2.36 bits per heavy atom. The number of hydrogen-bond donors (Lipinski definition) is 0. The lowest BCUT2D eigenvalue weighted by atomic mass is 9.87. The van der Waals surface area contributed by atoms with Crippen LogP contribution in [0.4, 0.5) is 0 Å². The van der Waals surface area contributed by atoms with Crippen LogP contribution in [0.3, 0.4) is 0 Å². The molecule has 2 rings (SSSR count). The lowest BCUT2D eigenvalue weighted by Crippen LogP contribution is -2.38. The maximum atomic E-state index is 5.71. The fourth-order valence-corrected chi connectivity index (χ4v) is 2.23. The highest BCUT2D eigenvalue weighted by atomic mass is 15.1. The van der Waals surface area contributed by atoms with Crippen molar-refractivity contribution in [3.8, 4) is 0 Å². The predicted molar refractivity (Wildman–Crippen MR) is 46.3 cm³/mol. The van der Waals surface area contributed by atoms with E-state index in [9.17, 15) is 0 Å². The highest BCUT2D eigenvalue weighted by Crippen LogP contribution is 2.28. The van der Waals surface area contributed by atoms with Gasteiger partial charge in [-0.2, -0.15) is 0 Å². The Labute approximate surface area is 70.8 Å². The van der Waals surface area contributed by atoms with Crippen LogP contribution in [0.2, 0.25) is 0 Å². The molecular weight excluding hydrogens is 134 g/mol. The van der Waals surface area contributed by atoms with Crippen LogP contribution in [0.5, 0.6) is 0 Å². The summed E-state index contributed by atoms with van der Waals surface area (Å²) < 4.78 is 0. The topological polar surface area (TPSA) is 6.48 Å². The zero-order valence-electron chi connectivity index (χ0n) is 6.74. The van der Waals surface area contributed by atoms with Crippen molar-refractivity contribution in [2.75, 3.05) is 26.2 Å². The fraction of sp³-hybridized carbons (Fsp3) is 1.00. The molecule has 4 radical (unpaired) electrons. The minimum absolute atomic E-state index is 0.721. The van der Waals surface area contributed by atoms with Crippen molar-refractivity contribution < 1.29 is 0 Å². The van der Waals surface area contributed by atoms with Crippen molar-refractivity contribution in [1.29, 1.82) is 0 Å². The fourth-order valence-electron chi connectivity index (χ4n) is 2.23. The summed E-state index contributed by atoms with van der Waals surface area (Å²) in [6.07, 6.45) is 1.22. The van der Waals surface area contributed by atoms with Gasteiger partial charge in [0, 0.05) is 0 Å². The highest BCUT2D eigenvalue weighted by molar-refractivity contribution is 6.05. The second-order valence-electron chi connectivity index (χ2n) is 3.76. The van der Waals surface area contributed by atoms with Crippen LogP contribution in [-0.4, -0.2) is 51.8 Å². The first-order chi connectivity index (χ1) is 5.25. The van der Waals surface area contributed by atoms with E-state index in [0.29, 0.717) is 0 Å². The lowest BCUT2D eigenvalue weighted by molar-refractivity contribution is 0.234. The van der Waals surface area contributed by atoms with E-state index in [2.05, 4.69) is 0 Å². The van der Waals surface area contributed by atoms with Gasteiger partial charge in [0.25, 0.3) is 0 Å². The third-order valence-corrected chi connectivity index (χ3v) is 2.86. The van der Waals surface area contributed by atoms with Crippen LogP contribution >= 0.6 is 0 Å². The van der Waals surface area contributed by atoms with Crippen LogP contribution in [0.15, 0.2) is 0 Å². The van der Waals surface area contributed by atoms with E-state index < -0.39 is 0 Å². The Kier molecular flexibility index (Phi) is 1.98. The summed E-state index contributed by atoms with van der Waals surface area (Å²) in [7, 11) is 11.4. The monoisotopic (exact) mass is 146 g/mol. The normalized spacial score (nSPS) is 40.7. The van der Waals surface area contributed by atoms with Crippen molar-refractivity contribution in [2.45, 2.75) is 6.42 Å². The van der Waals surface area contributed by atoms with Crippen LogP contribution in [0, 0.1) is 11.8 Å². The van der Waals surface area contributed by atoms with Gasteiger partial charge in [0.15, 0.2) is 16.0 Å². The first-order valence-electron chi connectivity index (χ1n) is 4.25. The summed E-state index contributed by atoms with van der Waals surface area (Å²) in [5.41, 5.74) is 0. The van der Waals surface area contributed by atoms with Gasteiger partial charge in [0.05, 0.1) is 0 Å². The van der Waals surface area contributed by atoms with Crippen molar-refractivity contribution in [2.24, 2.45) is 11.8 Å². The number of hydrogen-bond acceptors (Lipinski definition) is 2. The maximum absolute atomic E-state index is 5.71. The van der Waals surface area contributed by atoms with Crippen molar-refractivity contribution in [1.82, 2.24) is 9.62 Å². The minimum Gasteiger partial charge on any atom is -0.353 e. The average molecular weight is 146 g/mol. The van der Waals surface area contributed by atoms with E-state index in [0.717, 1.165) is 38.0 Å². The van der Waals surface area contributed by atoms with Crippen LogP contribution in [0.25, 0.3) is 0 Å². The zero-order chi connectivity index (χ0) is 7.84. The Balaban J connectivity index is 1.97. The molecule has 2 unspecified atom stereocenters. The van der Waals surface area contributed by atoms with Gasteiger partial charge in [-0.25, -0.2) is 0 Å². The molecule has 0 aromatic rings. The van der Waals surface area contributed by atoms with Gasteiger partial charge >= 0.3 is 0 Å². The third kappa shape index (κ3) is 1.47. The molecule has 0 saturated carbocycles. The summed E-state index contributed by atoms with van der Waals surface area (Å²) in [5, 5.41) is 0. The first kappa shape index (κ1) is 7.69. The van der Waals surface area contributed by atoms with Crippen molar-refractivity contribution >= 4 is 16.0 Å². The molecule has 0 aromatic heterocycles. The summed E-state index contributed by atoms with van der Waals surface area (Å²) >= 11 is 0. The molecule has 0 aliphatic carbocycles. The number of nitrogens with zero attached hydrogens (tertiary/aromatic N) is 2. The van der Waals surface area contributed by atoms with Gasteiger partial charge in [-0.1, -0.05) is 0 Å². The minimum atomic E-state index is 0.721. The van der Waals surface area contributed by atoms with E-state index >= 15 is 0 Å². The molecule has 2 fully saturated rings. The lowest BCUT2D eigenvalue weighted by Gasteiger charge is -2.32. The van der Waals surface area contributed by atoms with Gasteiger partial charge in [0.2, 0.25) is 0 Å². The van der Waals surface area contributed by atoms with E-state index in [-0.39, 0.29) is 0 Å². The Bertz CT molecular complexity index is 153. The third-order valence-electron chi connectivity index (χ3n) is 2.86. The molecule has 0 N–H and O–H groups in total. The molecule has 2 heterocycles. The number of rotatable bonds is 0. The first-order valence-corrected chi connectivity index (χ1v) is 4.25. The predicted octanol–water partition coefficient (Wildman–Crippen LogP) is -0.593. The van der Waals surface area contributed by atoms with Gasteiger partial charge in [-0.3, -0.25) is 0 Å². The molecule has 2 aliphatic rings. The molecule has 0 aromatic carbocycles. The molecule has 0 spiro atoms. The quantitative estimate of drug-likeness (QED) is 0.421. The van der Waals surface area contributed by atoms with E-state index in [1.54, 1.807) is 0 Å². The van der Waals surface area contributed by atoms with Crippen molar-refractivity contribution in [3.05, 3.63) is 0 Å². The molecule has 0 bridgehead atoms. The molecule has 2 nitrogen and oxygen atoms in total. The highest BCUT2D eigenvalue weighted by Gasteiger charge is 2.33. The van der Waals surface area contributed by atoms with Gasteiger partial charge < -0.3 is 9.62 Å². The Hall–Kier alpha value is 0.0499. The van der Waals surface area contributed by atoms with Gasteiger partial charge in [-0.05, 0) is 44.4 Å². The van der Waals surface area contributed by atoms with Crippen molar-refractivity contribution in [3.63, 3.8) is 0 Å². The second-order valence-corrected chi connectivity index (χ2v) is 3.76. The van der Waals surface area contributed by atoms with Gasteiger partial charge in [-0.15, -0.1) is 0 Å². The molecule has 11 heavy (non-hydrogen) atoms. The molecular formula is C7H12B2N2. The Morgan fingerprint density at radius 1 is 0.909 bits per heavy atom. The summed E-state index contributed by atoms with van der Waals surface area (Å²) in [4.78, 5) is 3.84. The molecule has 56 valence electrons. The summed E-state index contributed by atoms with van der Waals surface area (Å²) in [6, 6.07) is 0. The molecule has 2 saturated heterocycles.